The zero-order chi connectivity index (χ0) is 10.7. The lowest BCUT2D eigenvalue weighted by Gasteiger charge is -2.10. The zero-order valence-corrected chi connectivity index (χ0v) is 7.89. The van der Waals surface area contributed by atoms with Crippen molar-refractivity contribution in [3.8, 4) is 0 Å². The van der Waals surface area contributed by atoms with Crippen LogP contribution in [-0.2, 0) is 9.59 Å². The Hall–Kier alpha value is -0.850. The second kappa shape index (κ2) is 4.59. The molecule has 1 rings (SSSR count). The summed E-state index contributed by atoms with van der Waals surface area (Å²) in [5, 5.41) is 9.66. The fourth-order valence-electron chi connectivity index (χ4n) is 1.05. The zero-order valence-electron chi connectivity index (χ0n) is 7.07. The van der Waals surface area contributed by atoms with Gasteiger partial charge >= 0.3 is 5.97 Å². The maximum Gasteiger partial charge on any atom is 0.327 e. The number of nitrogens with one attached hydrogen (secondary N) is 1. The minimum Gasteiger partial charge on any atom is -0.480 e. The average molecular weight is 225 g/mol. The van der Waals surface area contributed by atoms with Crippen LogP contribution in [0.25, 0.3) is 0 Å². The van der Waals surface area contributed by atoms with Crippen LogP contribution in [0.4, 0.5) is 8.78 Å². The highest BCUT2D eigenvalue weighted by Gasteiger charge is 2.32. The smallest absolute Gasteiger partial charge is 0.327 e. The summed E-state index contributed by atoms with van der Waals surface area (Å²) in [4.78, 5) is 21.5. The number of rotatable bonds is 2. The number of hydrogen-bond donors (Lipinski definition) is 2. The van der Waals surface area contributed by atoms with Gasteiger partial charge in [-0.1, -0.05) is 0 Å². The highest BCUT2D eigenvalue weighted by molar-refractivity contribution is 8.00. The Morgan fingerprint density at radius 1 is 1.64 bits per heavy atom. The minimum atomic E-state index is -2.60. The fraction of sp³-hybridized carbons (Fsp3) is 0.714. The number of carbonyl (C=O) groups is 2. The standard InChI is InChI=1S/C7H9F2NO3S/c8-6(9)4-1-5(11)10-3(2-14-4)7(12)13/h3-4,6H,1-2H2,(H,10,11)(H,12,13)/t3-,4+/m0/s1. The first-order valence-electron chi connectivity index (χ1n) is 3.92. The van der Waals surface area contributed by atoms with Crippen LogP contribution in [-0.4, -0.2) is 40.5 Å². The van der Waals surface area contributed by atoms with E-state index in [-0.39, 0.29) is 12.2 Å². The van der Waals surface area contributed by atoms with Crippen molar-refractivity contribution in [3.63, 3.8) is 0 Å². The maximum atomic E-state index is 12.3. The van der Waals surface area contributed by atoms with Crippen molar-refractivity contribution in [3.05, 3.63) is 0 Å². The van der Waals surface area contributed by atoms with Crippen LogP contribution < -0.4 is 5.32 Å². The van der Waals surface area contributed by atoms with Crippen LogP contribution in [0.2, 0.25) is 0 Å². The van der Waals surface area contributed by atoms with Gasteiger partial charge in [0.2, 0.25) is 5.91 Å². The molecule has 0 unspecified atom stereocenters. The number of halogens is 2. The van der Waals surface area contributed by atoms with Crippen molar-refractivity contribution in [1.29, 1.82) is 0 Å². The molecule has 0 aromatic carbocycles. The summed E-state index contributed by atoms with van der Waals surface area (Å²) < 4.78 is 24.5. The van der Waals surface area contributed by atoms with Gasteiger partial charge in [-0.15, -0.1) is 11.8 Å². The third kappa shape index (κ3) is 2.83. The molecule has 1 aliphatic heterocycles. The van der Waals surface area contributed by atoms with Gasteiger partial charge < -0.3 is 10.4 Å². The molecule has 1 aliphatic rings. The number of amides is 1. The first-order chi connectivity index (χ1) is 6.50. The quantitative estimate of drug-likeness (QED) is 0.710. The molecule has 14 heavy (non-hydrogen) atoms. The molecule has 0 radical (unpaired) electrons. The van der Waals surface area contributed by atoms with E-state index in [1.54, 1.807) is 0 Å². The summed E-state index contributed by atoms with van der Waals surface area (Å²) in [6.07, 6.45) is -2.93. The lowest BCUT2D eigenvalue weighted by molar-refractivity contribution is -0.141. The largest absolute Gasteiger partial charge is 0.480 e. The molecule has 7 heteroatoms. The molecule has 1 saturated heterocycles. The molecule has 1 fully saturated rings. The highest BCUT2D eigenvalue weighted by atomic mass is 32.2. The van der Waals surface area contributed by atoms with Crippen molar-refractivity contribution >= 4 is 23.6 Å². The first kappa shape index (κ1) is 11.2. The van der Waals surface area contributed by atoms with E-state index in [0.29, 0.717) is 0 Å². The summed E-state index contributed by atoms with van der Waals surface area (Å²) in [6, 6.07) is -1.06. The summed E-state index contributed by atoms with van der Waals surface area (Å²) in [5.41, 5.74) is 0. The molecule has 4 nitrogen and oxygen atoms in total. The Morgan fingerprint density at radius 3 is 2.79 bits per heavy atom. The Bertz CT molecular complexity index is 249. The molecule has 2 atom stereocenters. The number of aliphatic carboxylic acids is 1. The monoisotopic (exact) mass is 225 g/mol. The Kier molecular flexibility index (Phi) is 3.68. The molecule has 0 spiro atoms. The van der Waals surface area contributed by atoms with Gasteiger partial charge in [0.05, 0.1) is 5.25 Å². The van der Waals surface area contributed by atoms with Gasteiger partial charge in [0.25, 0.3) is 6.43 Å². The molecule has 1 heterocycles. The number of carboxylic acid groups (broad SMARTS) is 1. The first-order valence-corrected chi connectivity index (χ1v) is 4.97. The highest BCUT2D eigenvalue weighted by Crippen LogP contribution is 2.24. The average Bonchev–Trinajstić information content (AvgIpc) is 2.26. The molecular weight excluding hydrogens is 216 g/mol. The molecule has 0 aromatic rings. The fourth-order valence-corrected chi connectivity index (χ4v) is 2.13. The summed E-state index contributed by atoms with van der Waals surface area (Å²) >= 11 is 0.818. The molecule has 1 amide bonds. The third-order valence-corrected chi connectivity index (χ3v) is 3.10. The number of alkyl halides is 2. The topological polar surface area (TPSA) is 66.4 Å². The van der Waals surface area contributed by atoms with Crippen LogP contribution in [0.15, 0.2) is 0 Å². The van der Waals surface area contributed by atoms with Crippen molar-refractivity contribution in [1.82, 2.24) is 5.32 Å². The van der Waals surface area contributed by atoms with E-state index < -0.39 is 29.6 Å². The Morgan fingerprint density at radius 2 is 2.29 bits per heavy atom. The van der Waals surface area contributed by atoms with Crippen molar-refractivity contribution in [2.24, 2.45) is 0 Å². The van der Waals surface area contributed by atoms with Gasteiger partial charge in [-0.05, 0) is 0 Å². The van der Waals surface area contributed by atoms with Gasteiger partial charge in [-0.25, -0.2) is 13.6 Å². The number of carbonyl (C=O) groups excluding carboxylic acids is 1. The number of hydrogen-bond acceptors (Lipinski definition) is 3. The second-order valence-corrected chi connectivity index (χ2v) is 4.14. The predicted molar refractivity (Wildman–Crippen MR) is 46.4 cm³/mol. The molecule has 2 N–H and O–H groups in total. The minimum absolute atomic E-state index is 0.0178. The van der Waals surface area contributed by atoms with Gasteiger partial charge in [0, 0.05) is 12.2 Å². The normalized spacial score (nSPS) is 28.4. The van der Waals surface area contributed by atoms with E-state index in [9.17, 15) is 18.4 Å². The van der Waals surface area contributed by atoms with Gasteiger partial charge in [-0.3, -0.25) is 4.79 Å². The van der Waals surface area contributed by atoms with E-state index in [1.807, 2.05) is 0 Å². The van der Waals surface area contributed by atoms with E-state index in [2.05, 4.69) is 5.32 Å². The van der Waals surface area contributed by atoms with Crippen LogP contribution in [0, 0.1) is 0 Å². The Balaban J connectivity index is 2.62. The molecule has 0 aromatic heterocycles. The predicted octanol–water partition coefficient (Wildman–Crippen LogP) is 0.326. The van der Waals surface area contributed by atoms with E-state index in [1.165, 1.54) is 0 Å². The Labute approximate surface area is 83.0 Å². The lowest BCUT2D eigenvalue weighted by Crippen LogP contribution is -2.41. The van der Waals surface area contributed by atoms with Gasteiger partial charge in [0.15, 0.2) is 0 Å². The molecule has 0 bridgehead atoms. The summed E-state index contributed by atoms with van der Waals surface area (Å²) in [7, 11) is 0. The third-order valence-electron chi connectivity index (χ3n) is 1.78. The van der Waals surface area contributed by atoms with Crippen LogP contribution >= 0.6 is 11.8 Å². The van der Waals surface area contributed by atoms with Crippen molar-refractivity contribution in [2.45, 2.75) is 24.1 Å². The SMILES string of the molecule is O=C1C[C@H](C(F)F)SC[C@@H](C(=O)O)N1. The summed E-state index contributed by atoms with van der Waals surface area (Å²) in [5.74, 6) is -1.84. The van der Waals surface area contributed by atoms with Gasteiger partial charge in [0.1, 0.15) is 6.04 Å². The van der Waals surface area contributed by atoms with Crippen molar-refractivity contribution in [2.75, 3.05) is 5.75 Å². The molecule has 0 saturated carbocycles. The van der Waals surface area contributed by atoms with Crippen LogP contribution in [0.5, 0.6) is 0 Å². The molecular formula is C7H9F2NO3S. The number of thioether (sulfide) groups is 1. The van der Waals surface area contributed by atoms with Crippen LogP contribution in [0.1, 0.15) is 6.42 Å². The maximum absolute atomic E-state index is 12.3. The van der Waals surface area contributed by atoms with Crippen molar-refractivity contribution < 1.29 is 23.5 Å². The molecule has 0 aliphatic carbocycles. The second-order valence-electron chi connectivity index (χ2n) is 2.87. The van der Waals surface area contributed by atoms with Gasteiger partial charge in [-0.2, -0.15) is 0 Å². The lowest BCUT2D eigenvalue weighted by atomic mass is 10.2. The molecule has 80 valence electrons. The summed E-state index contributed by atoms with van der Waals surface area (Å²) in [6.45, 7) is 0. The van der Waals surface area contributed by atoms with E-state index in [0.717, 1.165) is 11.8 Å². The van der Waals surface area contributed by atoms with E-state index in [4.69, 9.17) is 5.11 Å². The van der Waals surface area contributed by atoms with E-state index >= 15 is 0 Å². The van der Waals surface area contributed by atoms with Crippen LogP contribution in [0.3, 0.4) is 0 Å². The number of carboxylic acids is 1.